The second-order valence-electron chi connectivity index (χ2n) is 3.51. The normalized spacial score (nSPS) is 12.9. The molecule has 0 fully saturated rings. The minimum Gasteiger partial charge on any atom is -0.380 e. The smallest absolute Gasteiger partial charge is 0.246 e. The topological polar surface area (TPSA) is 47.6 Å². The molecule has 0 aromatic heterocycles. The Morgan fingerprint density at radius 2 is 2.07 bits per heavy atom. The minimum atomic E-state index is -0.0918. The highest BCUT2D eigenvalue weighted by Crippen LogP contribution is 2.02. The zero-order valence-electron chi connectivity index (χ0n) is 9.50. The van der Waals surface area contributed by atoms with Gasteiger partial charge in [-0.25, -0.2) is 0 Å². The van der Waals surface area contributed by atoms with Crippen LogP contribution in [0.3, 0.4) is 0 Å². The summed E-state index contributed by atoms with van der Waals surface area (Å²) >= 11 is 0. The number of hydrogen-bond acceptors (Lipinski definition) is 3. The van der Waals surface area contributed by atoms with Gasteiger partial charge in [0.25, 0.3) is 0 Å². The van der Waals surface area contributed by atoms with Gasteiger partial charge >= 0.3 is 0 Å². The number of carbonyl (C=O) groups excluding carboxylic acids is 1. The van der Waals surface area contributed by atoms with Crippen molar-refractivity contribution in [3.8, 4) is 0 Å². The molecule has 0 rings (SSSR count). The lowest BCUT2D eigenvalue weighted by Crippen LogP contribution is -2.43. The Hall–Kier alpha value is -0.610. The van der Waals surface area contributed by atoms with E-state index < -0.39 is 0 Å². The van der Waals surface area contributed by atoms with Crippen LogP contribution in [0.1, 0.15) is 20.8 Å². The van der Waals surface area contributed by atoms with E-state index in [4.69, 9.17) is 9.47 Å². The molecule has 4 nitrogen and oxygen atoms in total. The van der Waals surface area contributed by atoms with Gasteiger partial charge in [-0.3, -0.25) is 4.79 Å². The number of ether oxygens (including phenoxy) is 2. The minimum absolute atomic E-state index is 0.0672. The van der Waals surface area contributed by atoms with Crippen LogP contribution in [0.4, 0.5) is 0 Å². The van der Waals surface area contributed by atoms with Crippen molar-refractivity contribution in [2.75, 3.05) is 26.9 Å². The van der Waals surface area contributed by atoms with Gasteiger partial charge in [-0.15, -0.1) is 0 Å². The monoisotopic (exact) mass is 203 g/mol. The summed E-state index contributed by atoms with van der Waals surface area (Å²) in [5.74, 6) is 0.272. The molecule has 84 valence electrons. The maximum atomic E-state index is 11.2. The summed E-state index contributed by atoms with van der Waals surface area (Å²) in [6, 6.07) is 0.0672. The number of nitrogens with one attached hydrogen (secondary N) is 1. The lowest BCUT2D eigenvalue weighted by molar-refractivity contribution is -0.126. The summed E-state index contributed by atoms with van der Waals surface area (Å²) in [5, 5.41) is 2.86. The Morgan fingerprint density at radius 1 is 1.43 bits per heavy atom. The van der Waals surface area contributed by atoms with Crippen molar-refractivity contribution in [2.24, 2.45) is 5.92 Å². The number of carbonyl (C=O) groups is 1. The third kappa shape index (κ3) is 5.94. The third-order valence-corrected chi connectivity index (χ3v) is 1.93. The van der Waals surface area contributed by atoms with Gasteiger partial charge in [-0.2, -0.15) is 0 Å². The summed E-state index contributed by atoms with van der Waals surface area (Å²) in [6.07, 6.45) is 0. The number of methoxy groups -OCH3 is 1. The van der Waals surface area contributed by atoms with E-state index in [1.54, 1.807) is 0 Å². The third-order valence-electron chi connectivity index (χ3n) is 1.93. The first-order valence-electron chi connectivity index (χ1n) is 4.97. The highest BCUT2D eigenvalue weighted by atomic mass is 16.5. The molecular weight excluding hydrogens is 182 g/mol. The molecule has 0 heterocycles. The molecule has 0 aliphatic rings. The predicted molar refractivity (Wildman–Crippen MR) is 55.1 cm³/mol. The Labute approximate surface area is 86.0 Å². The molecule has 1 atom stereocenters. The van der Waals surface area contributed by atoms with Crippen molar-refractivity contribution in [3.05, 3.63) is 0 Å². The van der Waals surface area contributed by atoms with Crippen molar-refractivity contribution in [2.45, 2.75) is 26.8 Å². The van der Waals surface area contributed by atoms with Crippen LogP contribution < -0.4 is 5.32 Å². The number of rotatable bonds is 7. The fourth-order valence-electron chi connectivity index (χ4n) is 1.03. The molecule has 0 aromatic carbocycles. The average Bonchev–Trinajstić information content (AvgIpc) is 2.12. The van der Waals surface area contributed by atoms with Crippen molar-refractivity contribution in [3.63, 3.8) is 0 Å². The van der Waals surface area contributed by atoms with Gasteiger partial charge in [0.2, 0.25) is 5.91 Å². The molecule has 0 aliphatic carbocycles. The molecule has 0 bridgehead atoms. The summed E-state index contributed by atoms with van der Waals surface area (Å²) in [6.45, 7) is 7.38. The Bertz CT molecular complexity index is 159. The fourth-order valence-corrected chi connectivity index (χ4v) is 1.03. The standard InChI is InChI=1S/C10H21NO3/c1-5-14-6-9(8(2)3)11-10(12)7-13-4/h8-9H,5-7H2,1-4H3,(H,11,12). The predicted octanol–water partition coefficient (Wildman–Crippen LogP) is 0.810. The van der Waals surface area contributed by atoms with Crippen LogP contribution in [0.15, 0.2) is 0 Å². The Morgan fingerprint density at radius 3 is 2.50 bits per heavy atom. The fraction of sp³-hybridized carbons (Fsp3) is 0.900. The zero-order valence-corrected chi connectivity index (χ0v) is 9.50. The van der Waals surface area contributed by atoms with E-state index in [9.17, 15) is 4.79 Å². The molecule has 0 spiro atoms. The lowest BCUT2D eigenvalue weighted by atomic mass is 10.1. The van der Waals surface area contributed by atoms with Gasteiger partial charge in [0, 0.05) is 13.7 Å². The second kappa shape index (κ2) is 7.76. The van der Waals surface area contributed by atoms with Crippen LogP contribution in [0.2, 0.25) is 0 Å². The van der Waals surface area contributed by atoms with E-state index in [-0.39, 0.29) is 18.6 Å². The van der Waals surface area contributed by atoms with Crippen molar-refractivity contribution < 1.29 is 14.3 Å². The van der Waals surface area contributed by atoms with Gasteiger partial charge in [-0.05, 0) is 12.8 Å². The van der Waals surface area contributed by atoms with E-state index in [0.29, 0.717) is 19.1 Å². The quantitative estimate of drug-likeness (QED) is 0.666. The molecule has 0 saturated heterocycles. The molecule has 0 aliphatic heterocycles. The van der Waals surface area contributed by atoms with E-state index in [2.05, 4.69) is 19.2 Å². The average molecular weight is 203 g/mol. The molecule has 14 heavy (non-hydrogen) atoms. The second-order valence-corrected chi connectivity index (χ2v) is 3.51. The van der Waals surface area contributed by atoms with E-state index in [1.807, 2.05) is 6.92 Å². The van der Waals surface area contributed by atoms with Crippen molar-refractivity contribution >= 4 is 5.91 Å². The Kier molecular flexibility index (Phi) is 7.42. The van der Waals surface area contributed by atoms with Gasteiger partial charge in [0.1, 0.15) is 6.61 Å². The van der Waals surface area contributed by atoms with Crippen molar-refractivity contribution in [1.29, 1.82) is 0 Å². The highest BCUT2D eigenvalue weighted by Gasteiger charge is 2.15. The summed E-state index contributed by atoms with van der Waals surface area (Å²) in [7, 11) is 1.51. The van der Waals surface area contributed by atoms with Gasteiger partial charge in [0.15, 0.2) is 0 Å². The molecule has 1 unspecified atom stereocenters. The Balaban J connectivity index is 3.89. The zero-order chi connectivity index (χ0) is 11.0. The van der Waals surface area contributed by atoms with Gasteiger partial charge in [0.05, 0.1) is 12.6 Å². The SMILES string of the molecule is CCOCC(NC(=O)COC)C(C)C. The molecular formula is C10H21NO3. The summed E-state index contributed by atoms with van der Waals surface area (Å²) < 4.78 is 10.0. The van der Waals surface area contributed by atoms with Crippen LogP contribution in [-0.4, -0.2) is 38.9 Å². The maximum Gasteiger partial charge on any atom is 0.246 e. The van der Waals surface area contributed by atoms with Gasteiger partial charge in [-0.1, -0.05) is 13.8 Å². The highest BCUT2D eigenvalue weighted by molar-refractivity contribution is 5.77. The molecule has 1 amide bonds. The van der Waals surface area contributed by atoms with E-state index in [1.165, 1.54) is 7.11 Å². The van der Waals surface area contributed by atoms with Gasteiger partial charge < -0.3 is 14.8 Å². The molecule has 1 N–H and O–H groups in total. The molecule has 0 saturated carbocycles. The van der Waals surface area contributed by atoms with Crippen LogP contribution in [0.25, 0.3) is 0 Å². The van der Waals surface area contributed by atoms with Crippen LogP contribution in [-0.2, 0) is 14.3 Å². The number of amides is 1. The van der Waals surface area contributed by atoms with Crippen LogP contribution >= 0.6 is 0 Å². The van der Waals surface area contributed by atoms with Crippen LogP contribution in [0.5, 0.6) is 0 Å². The number of hydrogen-bond donors (Lipinski definition) is 1. The molecule has 4 heteroatoms. The largest absolute Gasteiger partial charge is 0.380 e. The van der Waals surface area contributed by atoms with E-state index in [0.717, 1.165) is 0 Å². The maximum absolute atomic E-state index is 11.2. The first kappa shape index (κ1) is 13.4. The molecule has 0 radical (unpaired) electrons. The first-order valence-corrected chi connectivity index (χ1v) is 4.97. The van der Waals surface area contributed by atoms with Crippen molar-refractivity contribution in [1.82, 2.24) is 5.32 Å². The first-order chi connectivity index (χ1) is 6.61. The molecule has 0 aromatic rings. The van der Waals surface area contributed by atoms with E-state index >= 15 is 0 Å². The van der Waals surface area contributed by atoms with Crippen LogP contribution in [0, 0.1) is 5.92 Å². The summed E-state index contributed by atoms with van der Waals surface area (Å²) in [4.78, 5) is 11.2. The lowest BCUT2D eigenvalue weighted by Gasteiger charge is -2.21. The summed E-state index contributed by atoms with van der Waals surface area (Å²) in [5.41, 5.74) is 0.